The fourth-order valence-corrected chi connectivity index (χ4v) is 3.63. The third kappa shape index (κ3) is 3.91. The Morgan fingerprint density at radius 1 is 1.21 bits per heavy atom. The Hall–Kier alpha value is -2.38. The Bertz CT molecular complexity index is 855. The second-order valence-electron chi connectivity index (χ2n) is 8.57. The molecule has 2 aliphatic rings. The second-order valence-corrected chi connectivity index (χ2v) is 9.00. The van der Waals surface area contributed by atoms with Crippen LogP contribution in [0.2, 0.25) is 5.02 Å². The molecule has 2 aliphatic heterocycles. The maximum absolute atomic E-state index is 12.9. The Morgan fingerprint density at radius 2 is 1.82 bits per heavy atom. The number of fused-ring (bicyclic) bond motifs is 1. The maximum Gasteiger partial charge on any atom is 0.414 e. The van der Waals surface area contributed by atoms with Gasteiger partial charge in [-0.1, -0.05) is 23.7 Å². The number of benzene rings is 1. The van der Waals surface area contributed by atoms with E-state index < -0.39 is 29.2 Å². The number of rotatable bonds is 2. The molecule has 3 amide bonds. The molecule has 1 aromatic rings. The standard InChI is InChI=1S/C20H24ClN3O4/c1-19(2,3)28-18(27)22-17(26)14-11-23-15(25)10-20(4,5)24(23)16(14)12-6-8-13(21)9-7-12/h6-9,11,16H,10H2,1-5H3,(H,22,26,27). The van der Waals surface area contributed by atoms with Crippen LogP contribution >= 0.6 is 11.6 Å². The van der Waals surface area contributed by atoms with Gasteiger partial charge in [0.1, 0.15) is 5.60 Å². The van der Waals surface area contributed by atoms with E-state index in [4.69, 9.17) is 16.3 Å². The number of halogens is 1. The molecule has 8 heteroatoms. The molecule has 1 atom stereocenters. The molecule has 150 valence electrons. The molecule has 1 fully saturated rings. The molecule has 0 aromatic heterocycles. The minimum absolute atomic E-state index is 0.107. The summed E-state index contributed by atoms with van der Waals surface area (Å²) in [5.41, 5.74) is -0.147. The van der Waals surface area contributed by atoms with Crippen molar-refractivity contribution in [2.75, 3.05) is 0 Å². The summed E-state index contributed by atoms with van der Waals surface area (Å²) < 4.78 is 5.17. The Morgan fingerprint density at radius 3 is 2.39 bits per heavy atom. The largest absolute Gasteiger partial charge is 0.444 e. The van der Waals surface area contributed by atoms with E-state index in [1.807, 2.05) is 31.0 Å². The molecule has 1 aromatic carbocycles. The van der Waals surface area contributed by atoms with Gasteiger partial charge in [0.15, 0.2) is 0 Å². The lowest BCUT2D eigenvalue weighted by atomic mass is 9.93. The van der Waals surface area contributed by atoms with E-state index in [1.54, 1.807) is 32.9 Å². The van der Waals surface area contributed by atoms with Crippen molar-refractivity contribution in [1.82, 2.24) is 15.3 Å². The summed E-state index contributed by atoms with van der Waals surface area (Å²) in [5.74, 6) is -0.712. The monoisotopic (exact) mass is 405 g/mol. The number of alkyl carbamates (subject to hydrolysis) is 1. The summed E-state index contributed by atoms with van der Waals surface area (Å²) in [6.07, 6.45) is 0.992. The fourth-order valence-electron chi connectivity index (χ4n) is 3.50. The summed E-state index contributed by atoms with van der Waals surface area (Å²) in [6, 6.07) is 6.55. The first-order chi connectivity index (χ1) is 12.9. The molecule has 0 radical (unpaired) electrons. The van der Waals surface area contributed by atoms with Gasteiger partial charge in [-0.25, -0.2) is 9.80 Å². The van der Waals surface area contributed by atoms with Crippen LogP contribution < -0.4 is 5.32 Å². The average molecular weight is 406 g/mol. The van der Waals surface area contributed by atoms with Crippen molar-refractivity contribution < 1.29 is 19.1 Å². The van der Waals surface area contributed by atoms with Gasteiger partial charge in [0.2, 0.25) is 5.91 Å². The van der Waals surface area contributed by atoms with Crippen molar-refractivity contribution in [2.24, 2.45) is 0 Å². The SMILES string of the molecule is CC(C)(C)OC(=O)NC(=O)C1=CN2C(=O)CC(C)(C)N2C1c1ccc(Cl)cc1. The molecule has 2 heterocycles. The van der Waals surface area contributed by atoms with Gasteiger partial charge in [0.05, 0.1) is 11.6 Å². The normalized spacial score (nSPS) is 21.4. The van der Waals surface area contributed by atoms with Gasteiger partial charge in [0.25, 0.3) is 5.91 Å². The average Bonchev–Trinajstić information content (AvgIpc) is 3.03. The van der Waals surface area contributed by atoms with Crippen LogP contribution in [0.4, 0.5) is 4.79 Å². The van der Waals surface area contributed by atoms with Crippen molar-refractivity contribution in [3.63, 3.8) is 0 Å². The Kier molecular flexibility index (Phi) is 5.02. The van der Waals surface area contributed by atoms with E-state index >= 15 is 0 Å². The van der Waals surface area contributed by atoms with Crippen LogP contribution in [0.1, 0.15) is 52.6 Å². The van der Waals surface area contributed by atoms with Crippen LogP contribution in [0.15, 0.2) is 36.0 Å². The number of ether oxygens (including phenoxy) is 1. The molecule has 0 bridgehead atoms. The molecule has 0 saturated carbocycles. The first kappa shape index (κ1) is 20.4. The van der Waals surface area contributed by atoms with Crippen LogP contribution in [0.5, 0.6) is 0 Å². The number of carbonyl (C=O) groups is 3. The molecule has 0 aliphatic carbocycles. The Labute approximate surface area is 169 Å². The predicted molar refractivity (Wildman–Crippen MR) is 104 cm³/mol. The van der Waals surface area contributed by atoms with E-state index in [1.165, 1.54) is 11.2 Å². The summed E-state index contributed by atoms with van der Waals surface area (Å²) >= 11 is 6.00. The fraction of sp³-hybridized carbons (Fsp3) is 0.450. The third-order valence-electron chi connectivity index (χ3n) is 4.55. The third-order valence-corrected chi connectivity index (χ3v) is 4.81. The zero-order valence-corrected chi connectivity index (χ0v) is 17.3. The number of amides is 3. The molecular weight excluding hydrogens is 382 g/mol. The second kappa shape index (κ2) is 6.90. The van der Waals surface area contributed by atoms with Crippen molar-refractivity contribution in [3.05, 3.63) is 46.6 Å². The van der Waals surface area contributed by atoms with Crippen LogP contribution in [0.3, 0.4) is 0 Å². The van der Waals surface area contributed by atoms with Crippen LogP contribution in [-0.2, 0) is 14.3 Å². The highest BCUT2D eigenvalue weighted by Crippen LogP contribution is 2.46. The van der Waals surface area contributed by atoms with Gasteiger partial charge in [-0.15, -0.1) is 0 Å². The predicted octanol–water partition coefficient (Wildman–Crippen LogP) is 3.56. The highest BCUT2D eigenvalue weighted by molar-refractivity contribution is 6.30. The van der Waals surface area contributed by atoms with Crippen molar-refractivity contribution in [2.45, 2.75) is 58.2 Å². The lowest BCUT2D eigenvalue weighted by Crippen LogP contribution is -2.45. The van der Waals surface area contributed by atoms with E-state index in [0.29, 0.717) is 11.4 Å². The highest BCUT2D eigenvalue weighted by Gasteiger charge is 2.52. The van der Waals surface area contributed by atoms with E-state index in [2.05, 4.69) is 5.32 Å². The van der Waals surface area contributed by atoms with Gasteiger partial charge in [-0.05, 0) is 52.3 Å². The topological polar surface area (TPSA) is 79.0 Å². The summed E-state index contributed by atoms with van der Waals surface area (Å²) in [4.78, 5) is 37.4. The van der Waals surface area contributed by atoms with Gasteiger partial charge in [-0.3, -0.25) is 14.9 Å². The number of imide groups is 1. The van der Waals surface area contributed by atoms with E-state index in [0.717, 1.165) is 5.56 Å². The number of nitrogens with one attached hydrogen (secondary N) is 1. The van der Waals surface area contributed by atoms with Gasteiger partial charge >= 0.3 is 6.09 Å². The van der Waals surface area contributed by atoms with Crippen LogP contribution in [0.25, 0.3) is 0 Å². The van der Waals surface area contributed by atoms with Crippen molar-refractivity contribution in [3.8, 4) is 0 Å². The number of carbonyl (C=O) groups excluding carboxylic acids is 3. The van der Waals surface area contributed by atoms with Crippen molar-refractivity contribution >= 4 is 29.5 Å². The van der Waals surface area contributed by atoms with Gasteiger partial charge < -0.3 is 4.74 Å². The van der Waals surface area contributed by atoms with E-state index in [-0.39, 0.29) is 11.5 Å². The van der Waals surface area contributed by atoms with Crippen LogP contribution in [-0.4, -0.2) is 39.1 Å². The summed E-state index contributed by atoms with van der Waals surface area (Å²) in [7, 11) is 0. The zero-order chi connectivity index (χ0) is 20.9. The zero-order valence-electron chi connectivity index (χ0n) is 16.6. The number of nitrogens with zero attached hydrogens (tertiary/aromatic N) is 2. The molecule has 1 saturated heterocycles. The molecule has 0 spiro atoms. The number of hydrogen-bond donors (Lipinski definition) is 1. The molecule has 1 N–H and O–H groups in total. The quantitative estimate of drug-likeness (QED) is 0.813. The van der Waals surface area contributed by atoms with Crippen LogP contribution in [0, 0.1) is 0 Å². The van der Waals surface area contributed by atoms with Crippen molar-refractivity contribution in [1.29, 1.82) is 0 Å². The first-order valence-corrected chi connectivity index (χ1v) is 9.40. The number of hydrogen-bond acceptors (Lipinski definition) is 5. The van der Waals surface area contributed by atoms with E-state index in [9.17, 15) is 14.4 Å². The Balaban J connectivity index is 1.94. The molecule has 7 nitrogen and oxygen atoms in total. The summed E-state index contributed by atoms with van der Waals surface area (Å²) in [5, 5.41) is 6.16. The minimum Gasteiger partial charge on any atom is -0.444 e. The molecular formula is C20H24ClN3O4. The summed E-state index contributed by atoms with van der Waals surface area (Å²) in [6.45, 7) is 9.02. The minimum atomic E-state index is -0.832. The maximum atomic E-state index is 12.9. The van der Waals surface area contributed by atoms with Gasteiger partial charge in [0, 0.05) is 23.2 Å². The molecule has 28 heavy (non-hydrogen) atoms. The lowest BCUT2D eigenvalue weighted by molar-refractivity contribution is -0.134. The smallest absolute Gasteiger partial charge is 0.414 e. The number of hydrazine groups is 1. The van der Waals surface area contributed by atoms with Gasteiger partial charge in [-0.2, -0.15) is 5.01 Å². The highest BCUT2D eigenvalue weighted by atomic mass is 35.5. The first-order valence-electron chi connectivity index (χ1n) is 9.02. The molecule has 1 unspecified atom stereocenters. The lowest BCUT2D eigenvalue weighted by Gasteiger charge is -2.36. The molecule has 3 rings (SSSR count).